The predicted octanol–water partition coefficient (Wildman–Crippen LogP) is 4.15. The first-order valence-electron chi connectivity index (χ1n) is 9.94. The number of piperazine rings is 1. The molecule has 4 rings (SSSR count). The second kappa shape index (κ2) is 8.90. The summed E-state index contributed by atoms with van der Waals surface area (Å²) in [5.41, 5.74) is 1.35. The molecule has 1 amide bonds. The molecule has 1 aromatic heterocycles. The third kappa shape index (κ3) is 4.47. The van der Waals surface area contributed by atoms with E-state index in [0.717, 1.165) is 49.0 Å². The maximum absolute atomic E-state index is 13.7. The van der Waals surface area contributed by atoms with Crippen LogP contribution in [0.5, 0.6) is 0 Å². The number of carbonyl (C=O) groups excluding carboxylic acids is 1. The molecule has 1 aromatic carbocycles. The van der Waals surface area contributed by atoms with Crippen LogP contribution in [0.3, 0.4) is 0 Å². The zero-order valence-corrected chi connectivity index (χ0v) is 18.8. The van der Waals surface area contributed by atoms with Crippen molar-refractivity contribution < 1.29 is 9.53 Å². The summed E-state index contributed by atoms with van der Waals surface area (Å²) in [5, 5.41) is 4.35. The lowest BCUT2D eigenvalue weighted by Crippen LogP contribution is -2.55. The molecule has 2 fully saturated rings. The lowest BCUT2D eigenvalue weighted by molar-refractivity contribution is -0.143. The molecule has 29 heavy (non-hydrogen) atoms. The van der Waals surface area contributed by atoms with Crippen LogP contribution in [0.1, 0.15) is 29.1 Å². The number of thiazole rings is 1. The van der Waals surface area contributed by atoms with E-state index < -0.39 is 5.41 Å². The average molecular weight is 454 g/mol. The van der Waals surface area contributed by atoms with Gasteiger partial charge in [-0.25, -0.2) is 4.98 Å². The van der Waals surface area contributed by atoms with E-state index in [0.29, 0.717) is 36.1 Å². The minimum atomic E-state index is -0.631. The van der Waals surface area contributed by atoms with E-state index in [1.54, 1.807) is 17.4 Å². The summed E-state index contributed by atoms with van der Waals surface area (Å²) >= 11 is 14.3. The molecule has 5 nitrogen and oxygen atoms in total. The lowest BCUT2D eigenvalue weighted by atomic mass is 9.72. The fourth-order valence-corrected chi connectivity index (χ4v) is 5.51. The predicted molar refractivity (Wildman–Crippen MR) is 117 cm³/mol. The Morgan fingerprint density at radius 2 is 1.93 bits per heavy atom. The molecule has 3 heterocycles. The number of ether oxygens (including phenoxy) is 1. The first kappa shape index (κ1) is 21.1. The van der Waals surface area contributed by atoms with Crippen molar-refractivity contribution in [2.24, 2.45) is 0 Å². The molecule has 0 spiro atoms. The third-order valence-corrected chi connectivity index (χ3v) is 7.28. The van der Waals surface area contributed by atoms with E-state index in [-0.39, 0.29) is 5.91 Å². The fourth-order valence-electron chi connectivity index (χ4n) is 4.32. The summed E-state index contributed by atoms with van der Waals surface area (Å²) < 4.78 is 5.58. The lowest BCUT2D eigenvalue weighted by Gasteiger charge is -2.43. The monoisotopic (exact) mass is 453 g/mol. The van der Waals surface area contributed by atoms with Crippen LogP contribution in [0.25, 0.3) is 0 Å². The van der Waals surface area contributed by atoms with Crippen LogP contribution >= 0.6 is 34.5 Å². The number of hydrogen-bond acceptors (Lipinski definition) is 5. The molecule has 0 N–H and O–H groups in total. The van der Waals surface area contributed by atoms with Gasteiger partial charge >= 0.3 is 0 Å². The van der Waals surface area contributed by atoms with Crippen molar-refractivity contribution in [3.8, 4) is 0 Å². The summed E-state index contributed by atoms with van der Waals surface area (Å²) in [6.07, 6.45) is 1.29. The number of carbonyl (C=O) groups is 1. The Balaban J connectivity index is 1.49. The highest BCUT2D eigenvalue weighted by Gasteiger charge is 2.45. The Labute approximate surface area is 185 Å². The van der Waals surface area contributed by atoms with E-state index in [1.807, 2.05) is 24.0 Å². The molecule has 8 heteroatoms. The van der Waals surface area contributed by atoms with Crippen molar-refractivity contribution in [1.82, 2.24) is 14.8 Å². The van der Waals surface area contributed by atoms with Gasteiger partial charge in [-0.2, -0.15) is 0 Å². The van der Waals surface area contributed by atoms with Crippen LogP contribution in [-0.4, -0.2) is 60.1 Å². The number of halogens is 2. The second-order valence-corrected chi connectivity index (χ2v) is 9.65. The number of benzene rings is 1. The van der Waals surface area contributed by atoms with Gasteiger partial charge in [-0.15, -0.1) is 11.3 Å². The van der Waals surface area contributed by atoms with Gasteiger partial charge in [0, 0.05) is 61.4 Å². The topological polar surface area (TPSA) is 45.7 Å². The van der Waals surface area contributed by atoms with Gasteiger partial charge in [-0.05, 0) is 37.5 Å². The average Bonchev–Trinajstić information content (AvgIpc) is 3.13. The highest BCUT2D eigenvalue weighted by molar-refractivity contribution is 7.09. The fraction of sp³-hybridized carbons (Fsp3) is 0.524. The van der Waals surface area contributed by atoms with Gasteiger partial charge in [0.05, 0.1) is 16.1 Å². The molecule has 0 aliphatic carbocycles. The number of aromatic nitrogens is 1. The first-order valence-corrected chi connectivity index (χ1v) is 11.6. The van der Waals surface area contributed by atoms with Gasteiger partial charge in [0.1, 0.15) is 0 Å². The summed E-state index contributed by atoms with van der Waals surface area (Å²) in [7, 11) is 0. The molecule has 0 saturated carbocycles. The Morgan fingerprint density at radius 1 is 1.21 bits per heavy atom. The van der Waals surface area contributed by atoms with Crippen LogP contribution in [-0.2, 0) is 21.5 Å². The van der Waals surface area contributed by atoms with Crippen molar-refractivity contribution in [2.45, 2.75) is 31.7 Å². The third-order valence-electron chi connectivity index (χ3n) is 5.91. The van der Waals surface area contributed by atoms with Gasteiger partial charge in [-0.1, -0.05) is 29.3 Å². The molecule has 156 valence electrons. The Hall–Kier alpha value is -1.18. The highest BCUT2D eigenvalue weighted by atomic mass is 35.5. The largest absolute Gasteiger partial charge is 0.381 e. The maximum Gasteiger partial charge on any atom is 0.233 e. The van der Waals surface area contributed by atoms with Crippen LogP contribution in [0.15, 0.2) is 23.6 Å². The second-order valence-electron chi connectivity index (χ2n) is 7.74. The smallest absolute Gasteiger partial charge is 0.233 e. The van der Waals surface area contributed by atoms with Crippen LogP contribution in [0, 0.1) is 6.92 Å². The molecule has 0 radical (unpaired) electrons. The van der Waals surface area contributed by atoms with Crippen LogP contribution in [0.4, 0.5) is 0 Å². The summed E-state index contributed by atoms with van der Waals surface area (Å²) in [4.78, 5) is 22.7. The summed E-state index contributed by atoms with van der Waals surface area (Å²) in [5.74, 6) is 0.161. The van der Waals surface area contributed by atoms with Crippen molar-refractivity contribution in [1.29, 1.82) is 0 Å². The zero-order chi connectivity index (χ0) is 20.4. The highest BCUT2D eigenvalue weighted by Crippen LogP contribution is 2.41. The van der Waals surface area contributed by atoms with E-state index in [4.69, 9.17) is 27.9 Å². The Kier molecular flexibility index (Phi) is 6.47. The molecule has 2 aliphatic rings. The summed E-state index contributed by atoms with van der Waals surface area (Å²) in [6.45, 7) is 7.13. The number of nitrogens with zero attached hydrogens (tertiary/aromatic N) is 3. The van der Waals surface area contributed by atoms with Gasteiger partial charge in [0.25, 0.3) is 0 Å². The minimum absolute atomic E-state index is 0.161. The molecule has 2 aromatic rings. The van der Waals surface area contributed by atoms with Crippen molar-refractivity contribution >= 4 is 40.4 Å². The van der Waals surface area contributed by atoms with E-state index in [9.17, 15) is 4.79 Å². The first-order chi connectivity index (χ1) is 14.0. The summed E-state index contributed by atoms with van der Waals surface area (Å²) in [6, 6.07) is 5.46. The standard InChI is InChI=1S/C21H25Cl2N3O2S/c1-15-24-17(14-29-15)13-25-6-8-26(9-7-25)20(27)21(4-10-28-11-5-21)18-3-2-16(22)12-19(18)23/h2-3,12,14H,4-11,13H2,1H3. The Morgan fingerprint density at radius 3 is 2.55 bits per heavy atom. The van der Waals surface area contributed by atoms with Crippen molar-refractivity contribution in [2.75, 3.05) is 39.4 Å². The molecule has 0 atom stereocenters. The minimum Gasteiger partial charge on any atom is -0.381 e. The number of amides is 1. The van der Waals surface area contributed by atoms with Crippen LogP contribution in [0.2, 0.25) is 10.0 Å². The number of rotatable bonds is 4. The SMILES string of the molecule is Cc1nc(CN2CCN(C(=O)C3(c4ccc(Cl)cc4Cl)CCOCC3)CC2)cs1. The van der Waals surface area contributed by atoms with Gasteiger partial charge in [0.15, 0.2) is 0 Å². The molecular formula is C21H25Cl2N3O2S. The van der Waals surface area contributed by atoms with Crippen LogP contribution < -0.4 is 0 Å². The van der Waals surface area contributed by atoms with Gasteiger partial charge in [-0.3, -0.25) is 9.69 Å². The van der Waals surface area contributed by atoms with Gasteiger partial charge < -0.3 is 9.64 Å². The zero-order valence-electron chi connectivity index (χ0n) is 16.5. The Bertz CT molecular complexity index is 875. The van der Waals surface area contributed by atoms with E-state index in [1.165, 1.54) is 0 Å². The number of aryl methyl sites for hydroxylation is 1. The molecule has 0 bridgehead atoms. The molecule has 2 saturated heterocycles. The molecule has 0 unspecified atom stereocenters. The quantitative estimate of drug-likeness (QED) is 0.697. The molecular weight excluding hydrogens is 429 g/mol. The normalized spacial score (nSPS) is 20.0. The number of hydrogen-bond donors (Lipinski definition) is 0. The van der Waals surface area contributed by atoms with E-state index >= 15 is 0 Å². The van der Waals surface area contributed by atoms with E-state index in [2.05, 4.69) is 15.3 Å². The van der Waals surface area contributed by atoms with Crippen molar-refractivity contribution in [3.63, 3.8) is 0 Å². The van der Waals surface area contributed by atoms with Crippen molar-refractivity contribution in [3.05, 3.63) is 49.9 Å². The molecule has 2 aliphatic heterocycles. The maximum atomic E-state index is 13.7. The van der Waals surface area contributed by atoms with Gasteiger partial charge in [0.2, 0.25) is 5.91 Å².